The van der Waals surface area contributed by atoms with Crippen molar-refractivity contribution in [1.82, 2.24) is 14.5 Å². The molecule has 2 N–H and O–H groups in total. The fraction of sp³-hybridized carbons (Fsp3) is 0.385. The Morgan fingerprint density at radius 1 is 1.25 bits per heavy atom. The van der Waals surface area contributed by atoms with Crippen molar-refractivity contribution in [1.29, 1.82) is 0 Å². The first kappa shape index (κ1) is 13.1. The summed E-state index contributed by atoms with van der Waals surface area (Å²) in [7, 11) is 0. The molecule has 7 heteroatoms. The molecule has 2 aromatic heterocycles. The molecule has 0 fully saturated rings. The molecule has 106 valence electrons. The van der Waals surface area contributed by atoms with Gasteiger partial charge in [-0.2, -0.15) is 13.2 Å². The van der Waals surface area contributed by atoms with Crippen molar-refractivity contribution >= 4 is 0 Å². The third-order valence-electron chi connectivity index (χ3n) is 3.48. The van der Waals surface area contributed by atoms with E-state index in [9.17, 15) is 13.2 Å². The second-order valence-electron chi connectivity index (χ2n) is 4.93. The Morgan fingerprint density at radius 3 is 2.70 bits per heavy atom. The third-order valence-corrected chi connectivity index (χ3v) is 3.48. The maximum Gasteiger partial charge on any atom is 0.393 e. The molecule has 3 rings (SSSR count). The topological polar surface area (TPSA) is 56.7 Å². The van der Waals surface area contributed by atoms with Crippen molar-refractivity contribution in [3.05, 3.63) is 36.4 Å². The van der Waals surface area contributed by atoms with E-state index in [4.69, 9.17) is 5.73 Å². The zero-order valence-electron chi connectivity index (χ0n) is 10.5. The highest BCUT2D eigenvalue weighted by Gasteiger charge is 2.44. The van der Waals surface area contributed by atoms with E-state index in [-0.39, 0.29) is 13.0 Å². The number of aromatic nitrogens is 3. The molecule has 2 unspecified atom stereocenters. The van der Waals surface area contributed by atoms with Crippen LogP contribution in [0.2, 0.25) is 0 Å². The first-order valence-electron chi connectivity index (χ1n) is 6.26. The van der Waals surface area contributed by atoms with Crippen LogP contribution >= 0.6 is 0 Å². The van der Waals surface area contributed by atoms with Gasteiger partial charge in [-0.15, -0.1) is 0 Å². The Morgan fingerprint density at radius 2 is 2.05 bits per heavy atom. The maximum absolute atomic E-state index is 12.8. The average Bonchev–Trinajstić information content (AvgIpc) is 2.83. The number of hydrogen-bond acceptors (Lipinski definition) is 3. The minimum atomic E-state index is -4.23. The number of halogens is 3. The molecular formula is C13H13F3N4. The zero-order valence-corrected chi connectivity index (χ0v) is 10.5. The highest BCUT2D eigenvalue weighted by molar-refractivity contribution is 5.53. The van der Waals surface area contributed by atoms with Gasteiger partial charge < -0.3 is 10.3 Å². The van der Waals surface area contributed by atoms with Gasteiger partial charge in [0.2, 0.25) is 0 Å². The summed E-state index contributed by atoms with van der Waals surface area (Å²) in [5.74, 6) is -0.929. The van der Waals surface area contributed by atoms with Crippen molar-refractivity contribution in [2.75, 3.05) is 0 Å². The van der Waals surface area contributed by atoms with Gasteiger partial charge >= 0.3 is 6.18 Å². The molecule has 0 spiro atoms. The SMILES string of the molecule is NC1CC(C(F)(F)F)Cn2cc(-c3ccccn3)nc21. The number of nitrogens with zero attached hydrogens (tertiary/aromatic N) is 3. The van der Waals surface area contributed by atoms with Crippen LogP contribution in [0.3, 0.4) is 0 Å². The minimum absolute atomic E-state index is 0.123. The predicted molar refractivity (Wildman–Crippen MR) is 66.5 cm³/mol. The number of hydrogen-bond donors (Lipinski definition) is 1. The third kappa shape index (κ3) is 2.29. The van der Waals surface area contributed by atoms with Gasteiger partial charge in [-0.25, -0.2) is 4.98 Å². The van der Waals surface area contributed by atoms with E-state index in [1.165, 1.54) is 4.57 Å². The summed E-state index contributed by atoms with van der Waals surface area (Å²) in [5, 5.41) is 0. The largest absolute Gasteiger partial charge is 0.393 e. The van der Waals surface area contributed by atoms with Gasteiger partial charge in [-0.1, -0.05) is 6.07 Å². The summed E-state index contributed by atoms with van der Waals surface area (Å²) in [4.78, 5) is 8.47. The zero-order chi connectivity index (χ0) is 14.3. The minimum Gasteiger partial charge on any atom is -0.332 e. The molecule has 0 aliphatic carbocycles. The molecule has 20 heavy (non-hydrogen) atoms. The molecule has 0 amide bonds. The van der Waals surface area contributed by atoms with Crippen molar-refractivity contribution < 1.29 is 13.2 Å². The summed E-state index contributed by atoms with van der Waals surface area (Å²) >= 11 is 0. The molecule has 4 nitrogen and oxygen atoms in total. The molecular weight excluding hydrogens is 269 g/mol. The van der Waals surface area contributed by atoms with Crippen molar-refractivity contribution in [3.8, 4) is 11.4 Å². The summed E-state index contributed by atoms with van der Waals surface area (Å²) < 4.78 is 40.0. The Labute approximate surface area is 113 Å². The Hall–Kier alpha value is -1.89. The van der Waals surface area contributed by atoms with E-state index in [1.807, 2.05) is 0 Å². The molecule has 0 aromatic carbocycles. The van der Waals surface area contributed by atoms with E-state index in [2.05, 4.69) is 9.97 Å². The van der Waals surface area contributed by atoms with Gasteiger partial charge in [-0.3, -0.25) is 4.98 Å². The number of alkyl halides is 3. The summed E-state index contributed by atoms with van der Waals surface area (Å²) in [6.07, 6.45) is -1.14. The standard InChI is InChI=1S/C13H13F3N4/c14-13(15,16)8-5-9(17)12-19-11(7-20(12)6-8)10-3-1-2-4-18-10/h1-4,7-9H,5-6,17H2. The summed E-state index contributed by atoms with van der Waals surface area (Å²) in [6.45, 7) is -0.133. The van der Waals surface area contributed by atoms with Crippen LogP contribution in [0.4, 0.5) is 13.2 Å². The second-order valence-corrected chi connectivity index (χ2v) is 4.93. The number of fused-ring (bicyclic) bond motifs is 1. The van der Waals surface area contributed by atoms with Gasteiger partial charge in [-0.05, 0) is 18.6 Å². The van der Waals surface area contributed by atoms with Crippen LogP contribution in [-0.4, -0.2) is 20.7 Å². The lowest BCUT2D eigenvalue weighted by molar-refractivity contribution is -0.184. The summed E-state index contributed by atoms with van der Waals surface area (Å²) in [6, 6.07) is 4.64. The van der Waals surface area contributed by atoms with Crippen LogP contribution < -0.4 is 5.73 Å². The molecule has 2 atom stereocenters. The summed E-state index contributed by atoms with van der Waals surface area (Å²) in [5.41, 5.74) is 7.01. The molecule has 0 saturated heterocycles. The van der Waals surface area contributed by atoms with Crippen molar-refractivity contribution in [2.24, 2.45) is 11.7 Å². The van der Waals surface area contributed by atoms with E-state index < -0.39 is 18.1 Å². The van der Waals surface area contributed by atoms with E-state index in [0.29, 0.717) is 17.2 Å². The lowest BCUT2D eigenvalue weighted by atomic mass is 9.95. The number of pyridine rings is 1. The number of nitrogens with two attached hydrogens (primary N) is 1. The van der Waals surface area contributed by atoms with Crippen molar-refractivity contribution in [2.45, 2.75) is 25.2 Å². The fourth-order valence-corrected chi connectivity index (χ4v) is 2.47. The molecule has 1 aliphatic heterocycles. The van der Waals surface area contributed by atoms with Gasteiger partial charge in [0.25, 0.3) is 0 Å². The molecule has 1 aliphatic rings. The monoisotopic (exact) mass is 282 g/mol. The first-order chi connectivity index (χ1) is 9.45. The van der Waals surface area contributed by atoms with Crippen LogP contribution in [0.5, 0.6) is 0 Å². The Kier molecular flexibility index (Phi) is 3.01. The lowest BCUT2D eigenvalue weighted by Crippen LogP contribution is -2.36. The normalized spacial score (nSPS) is 22.6. The van der Waals surface area contributed by atoms with E-state index in [1.54, 1.807) is 30.6 Å². The smallest absolute Gasteiger partial charge is 0.332 e. The molecule has 2 aromatic rings. The van der Waals surface area contributed by atoms with Gasteiger partial charge in [0.1, 0.15) is 11.5 Å². The highest BCUT2D eigenvalue weighted by Crippen LogP contribution is 2.38. The van der Waals surface area contributed by atoms with Gasteiger partial charge in [0.05, 0.1) is 17.7 Å². The molecule has 3 heterocycles. The first-order valence-corrected chi connectivity index (χ1v) is 6.26. The number of rotatable bonds is 1. The Bertz CT molecular complexity index is 606. The predicted octanol–water partition coefficient (Wildman–Crippen LogP) is 2.53. The maximum atomic E-state index is 12.8. The molecule has 0 radical (unpaired) electrons. The van der Waals surface area contributed by atoms with Crippen molar-refractivity contribution in [3.63, 3.8) is 0 Å². The van der Waals surface area contributed by atoms with Crippen LogP contribution in [-0.2, 0) is 6.54 Å². The van der Waals surface area contributed by atoms with Crippen LogP contribution in [0.25, 0.3) is 11.4 Å². The average molecular weight is 282 g/mol. The van der Waals surface area contributed by atoms with Gasteiger partial charge in [0.15, 0.2) is 0 Å². The van der Waals surface area contributed by atoms with Gasteiger partial charge in [0, 0.05) is 18.9 Å². The Balaban J connectivity index is 1.96. The molecule has 0 saturated carbocycles. The molecule has 0 bridgehead atoms. The lowest BCUT2D eigenvalue weighted by Gasteiger charge is -2.29. The second kappa shape index (κ2) is 4.59. The highest BCUT2D eigenvalue weighted by atomic mass is 19.4. The van der Waals surface area contributed by atoms with Crippen LogP contribution in [0.1, 0.15) is 18.3 Å². The van der Waals surface area contributed by atoms with Crippen LogP contribution in [0.15, 0.2) is 30.6 Å². The number of imidazole rings is 1. The fourth-order valence-electron chi connectivity index (χ4n) is 2.47. The van der Waals surface area contributed by atoms with E-state index in [0.717, 1.165) is 0 Å². The quantitative estimate of drug-likeness (QED) is 0.874. The van der Waals surface area contributed by atoms with E-state index >= 15 is 0 Å². The van der Waals surface area contributed by atoms with Crippen LogP contribution in [0, 0.1) is 5.92 Å².